The summed E-state index contributed by atoms with van der Waals surface area (Å²) in [6.45, 7) is 5.24. The Balaban J connectivity index is 1.50. The Morgan fingerprint density at radius 3 is 2.71 bits per heavy atom. The van der Waals surface area contributed by atoms with Gasteiger partial charge in [-0.15, -0.1) is 0 Å². The molecule has 3 rings (SSSR count). The molecule has 1 aromatic rings. The molecule has 0 radical (unpaired) electrons. The summed E-state index contributed by atoms with van der Waals surface area (Å²) >= 11 is 3.62. The van der Waals surface area contributed by atoms with Gasteiger partial charge in [-0.3, -0.25) is 0 Å². The van der Waals surface area contributed by atoms with Gasteiger partial charge in [-0.1, -0.05) is 42.1 Å². The molecule has 1 N–H and O–H groups in total. The van der Waals surface area contributed by atoms with Crippen molar-refractivity contribution in [3.63, 3.8) is 0 Å². The minimum atomic E-state index is 0.833. The first-order valence-electron chi connectivity index (χ1n) is 8.41. The first-order valence-corrected chi connectivity index (χ1v) is 9.20. The molecule has 1 fully saturated rings. The van der Waals surface area contributed by atoms with Crippen molar-refractivity contribution in [2.24, 2.45) is 11.8 Å². The van der Waals surface area contributed by atoms with Crippen LogP contribution in [0.25, 0.3) is 0 Å². The third-order valence-corrected chi connectivity index (χ3v) is 5.58. The molecule has 1 aliphatic carbocycles. The fourth-order valence-corrected chi connectivity index (χ4v) is 4.28. The summed E-state index contributed by atoms with van der Waals surface area (Å²) in [5.74, 6) is 2.98. The Labute approximate surface area is 136 Å². The molecular weight excluding hydrogens is 326 g/mol. The van der Waals surface area contributed by atoms with Crippen LogP contribution in [0.5, 0.6) is 5.75 Å². The summed E-state index contributed by atoms with van der Waals surface area (Å²) in [4.78, 5) is 0. The van der Waals surface area contributed by atoms with Crippen LogP contribution in [0.15, 0.2) is 16.6 Å². The van der Waals surface area contributed by atoms with E-state index >= 15 is 0 Å². The van der Waals surface area contributed by atoms with E-state index in [0.717, 1.165) is 43.7 Å². The lowest BCUT2D eigenvalue weighted by molar-refractivity contribution is 0.262. The largest absolute Gasteiger partial charge is 0.493 e. The number of nitrogens with one attached hydrogen (secondary N) is 1. The Bertz CT molecular complexity index is 480. The average molecular weight is 352 g/mol. The first-order chi connectivity index (χ1) is 10.3. The van der Waals surface area contributed by atoms with Gasteiger partial charge in [0.2, 0.25) is 0 Å². The van der Waals surface area contributed by atoms with Crippen LogP contribution in [0.1, 0.15) is 50.2 Å². The maximum Gasteiger partial charge on any atom is 0.127 e. The summed E-state index contributed by atoms with van der Waals surface area (Å²) in [6.07, 6.45) is 8.07. The second-order valence-electron chi connectivity index (χ2n) is 6.58. The van der Waals surface area contributed by atoms with Crippen molar-refractivity contribution in [3.05, 3.63) is 27.7 Å². The topological polar surface area (TPSA) is 21.3 Å². The predicted molar refractivity (Wildman–Crippen MR) is 90.8 cm³/mol. The fourth-order valence-electron chi connectivity index (χ4n) is 3.73. The third-order valence-electron chi connectivity index (χ3n) is 5.12. The van der Waals surface area contributed by atoms with Crippen molar-refractivity contribution in [1.29, 1.82) is 0 Å². The Morgan fingerprint density at radius 1 is 1.19 bits per heavy atom. The SMILES string of the molecule is CCC1CCC(CNCc2cc(Br)cc3c2OCC3)CC1. The molecule has 2 nitrogen and oxygen atoms in total. The lowest BCUT2D eigenvalue weighted by atomic mass is 9.81. The van der Waals surface area contributed by atoms with Gasteiger partial charge in [0.15, 0.2) is 0 Å². The highest BCUT2D eigenvalue weighted by molar-refractivity contribution is 9.10. The second-order valence-corrected chi connectivity index (χ2v) is 7.49. The highest BCUT2D eigenvalue weighted by Gasteiger charge is 2.20. The minimum absolute atomic E-state index is 0.833. The quantitative estimate of drug-likeness (QED) is 0.830. The predicted octanol–water partition coefficient (Wildman–Crippen LogP) is 4.69. The standard InChI is InChI=1S/C18H26BrNO/c1-2-13-3-5-14(6-4-13)11-20-12-16-10-17(19)9-15-7-8-21-18(15)16/h9-10,13-14,20H,2-8,11-12H2,1H3. The van der Waals surface area contributed by atoms with E-state index in [4.69, 9.17) is 4.74 Å². The molecular formula is C18H26BrNO. The highest BCUT2D eigenvalue weighted by Crippen LogP contribution is 2.33. The van der Waals surface area contributed by atoms with Crippen LogP contribution in [-0.4, -0.2) is 13.2 Å². The van der Waals surface area contributed by atoms with Crippen LogP contribution in [0.3, 0.4) is 0 Å². The molecule has 3 heteroatoms. The number of benzene rings is 1. The van der Waals surface area contributed by atoms with E-state index in [9.17, 15) is 0 Å². The van der Waals surface area contributed by atoms with E-state index in [1.165, 1.54) is 47.7 Å². The van der Waals surface area contributed by atoms with Crippen molar-refractivity contribution in [2.45, 2.75) is 52.0 Å². The summed E-state index contributed by atoms with van der Waals surface area (Å²) in [6, 6.07) is 4.39. The molecule has 0 atom stereocenters. The molecule has 1 aliphatic heterocycles. The van der Waals surface area contributed by atoms with E-state index in [1.807, 2.05) is 0 Å². The Hall–Kier alpha value is -0.540. The smallest absolute Gasteiger partial charge is 0.127 e. The van der Waals surface area contributed by atoms with E-state index in [2.05, 4.69) is 40.3 Å². The van der Waals surface area contributed by atoms with Gasteiger partial charge >= 0.3 is 0 Å². The van der Waals surface area contributed by atoms with Gasteiger partial charge in [0.25, 0.3) is 0 Å². The van der Waals surface area contributed by atoms with Crippen molar-refractivity contribution >= 4 is 15.9 Å². The van der Waals surface area contributed by atoms with Gasteiger partial charge in [-0.25, -0.2) is 0 Å². The number of halogens is 1. The zero-order valence-corrected chi connectivity index (χ0v) is 14.5. The summed E-state index contributed by atoms with van der Waals surface area (Å²) in [7, 11) is 0. The van der Waals surface area contributed by atoms with Crippen LogP contribution in [0, 0.1) is 11.8 Å². The van der Waals surface area contributed by atoms with Gasteiger partial charge in [0.1, 0.15) is 5.75 Å². The van der Waals surface area contributed by atoms with Crippen LogP contribution in [0.4, 0.5) is 0 Å². The molecule has 0 unspecified atom stereocenters. The number of hydrogen-bond donors (Lipinski definition) is 1. The molecule has 21 heavy (non-hydrogen) atoms. The first kappa shape index (κ1) is 15.4. The monoisotopic (exact) mass is 351 g/mol. The molecule has 1 aromatic carbocycles. The van der Waals surface area contributed by atoms with E-state index in [0.29, 0.717) is 0 Å². The molecule has 0 amide bonds. The number of ether oxygens (including phenoxy) is 1. The molecule has 1 heterocycles. The fraction of sp³-hybridized carbons (Fsp3) is 0.667. The molecule has 0 aromatic heterocycles. The van der Waals surface area contributed by atoms with E-state index in [1.54, 1.807) is 0 Å². The minimum Gasteiger partial charge on any atom is -0.493 e. The Morgan fingerprint density at radius 2 is 1.95 bits per heavy atom. The number of fused-ring (bicyclic) bond motifs is 1. The van der Waals surface area contributed by atoms with Gasteiger partial charge in [0.05, 0.1) is 6.61 Å². The van der Waals surface area contributed by atoms with Crippen molar-refractivity contribution in [1.82, 2.24) is 5.32 Å². The highest BCUT2D eigenvalue weighted by atomic mass is 79.9. The number of rotatable bonds is 5. The van der Waals surface area contributed by atoms with Crippen LogP contribution >= 0.6 is 15.9 Å². The third kappa shape index (κ3) is 3.81. The zero-order valence-electron chi connectivity index (χ0n) is 13.0. The molecule has 2 aliphatic rings. The summed E-state index contributed by atoms with van der Waals surface area (Å²) in [5, 5.41) is 3.66. The molecule has 0 bridgehead atoms. The number of hydrogen-bond acceptors (Lipinski definition) is 2. The van der Waals surface area contributed by atoms with Gasteiger partial charge < -0.3 is 10.1 Å². The van der Waals surface area contributed by atoms with Crippen molar-refractivity contribution in [3.8, 4) is 5.75 Å². The normalized spacial score (nSPS) is 24.7. The average Bonchev–Trinajstić information content (AvgIpc) is 2.96. The van der Waals surface area contributed by atoms with Crippen LogP contribution < -0.4 is 10.1 Å². The maximum absolute atomic E-state index is 5.79. The molecule has 0 saturated heterocycles. The zero-order chi connectivity index (χ0) is 14.7. The molecule has 0 spiro atoms. The summed E-state index contributed by atoms with van der Waals surface area (Å²) in [5.41, 5.74) is 2.66. The maximum atomic E-state index is 5.79. The Kier molecular flexibility index (Phi) is 5.23. The van der Waals surface area contributed by atoms with Crippen LogP contribution in [0.2, 0.25) is 0 Å². The van der Waals surface area contributed by atoms with Gasteiger partial charge in [-0.05, 0) is 48.9 Å². The van der Waals surface area contributed by atoms with Crippen LogP contribution in [-0.2, 0) is 13.0 Å². The molecule has 1 saturated carbocycles. The lowest BCUT2D eigenvalue weighted by Crippen LogP contribution is -2.26. The van der Waals surface area contributed by atoms with E-state index < -0.39 is 0 Å². The molecule has 116 valence electrons. The second kappa shape index (κ2) is 7.15. The lowest BCUT2D eigenvalue weighted by Gasteiger charge is -2.28. The van der Waals surface area contributed by atoms with Crippen molar-refractivity contribution < 1.29 is 4.74 Å². The van der Waals surface area contributed by atoms with Gasteiger partial charge in [0, 0.05) is 23.0 Å². The van der Waals surface area contributed by atoms with Gasteiger partial charge in [-0.2, -0.15) is 0 Å². The van der Waals surface area contributed by atoms with E-state index in [-0.39, 0.29) is 0 Å². The van der Waals surface area contributed by atoms with Crippen molar-refractivity contribution in [2.75, 3.05) is 13.2 Å². The summed E-state index contributed by atoms with van der Waals surface area (Å²) < 4.78 is 6.97.